The lowest BCUT2D eigenvalue weighted by molar-refractivity contribution is -0.0893. The van der Waals surface area contributed by atoms with Crippen molar-refractivity contribution >= 4 is 24.4 Å². The molecule has 5 heteroatoms. The zero-order valence-corrected chi connectivity index (χ0v) is 26.4. The summed E-state index contributed by atoms with van der Waals surface area (Å²) in [4.78, 5) is 5.18. The van der Waals surface area contributed by atoms with Gasteiger partial charge >= 0.3 is 7.48 Å². The van der Waals surface area contributed by atoms with Crippen LogP contribution in [0.2, 0.25) is 0 Å². The van der Waals surface area contributed by atoms with Gasteiger partial charge in [0, 0.05) is 5.70 Å². The van der Waals surface area contributed by atoms with Crippen molar-refractivity contribution in [3.05, 3.63) is 156 Å². The van der Waals surface area contributed by atoms with Crippen molar-refractivity contribution < 1.29 is 9.76 Å². The van der Waals surface area contributed by atoms with E-state index in [0.717, 1.165) is 33.6 Å². The third-order valence-corrected chi connectivity index (χ3v) is 8.80. The van der Waals surface area contributed by atoms with Crippen molar-refractivity contribution in [1.82, 2.24) is 5.32 Å². The van der Waals surface area contributed by atoms with Crippen LogP contribution in [0, 0.1) is 0 Å². The van der Waals surface area contributed by atoms with Gasteiger partial charge in [0.25, 0.3) is 0 Å². The molecule has 6 rings (SSSR count). The lowest BCUT2D eigenvalue weighted by atomic mass is 9.82. The molecule has 0 amide bonds. The second-order valence-corrected chi connectivity index (χ2v) is 12.6. The molecule has 5 aromatic carbocycles. The van der Waals surface area contributed by atoms with Crippen LogP contribution in [-0.4, -0.2) is 29.5 Å². The van der Waals surface area contributed by atoms with Crippen LogP contribution in [0.15, 0.2) is 145 Å². The molecular weight excluding hydrogens is 551 g/mol. The Balaban J connectivity index is 1.29. The summed E-state index contributed by atoms with van der Waals surface area (Å²) >= 11 is 0. The maximum atomic E-state index is 10.5. The SMILES string of the molecule is CC(C)(O)C(C)(C)OBc1ccc(C2=NC(c3ccc(-c4ccccc4)cc3)NC(c3ccc(-c4ccccc4)cc3)=C2)cc1. The van der Waals surface area contributed by atoms with Crippen molar-refractivity contribution in [2.24, 2.45) is 4.99 Å². The number of rotatable bonds is 9. The molecular formula is C40H39BN2O2. The Labute approximate surface area is 267 Å². The Bertz CT molecular complexity index is 1790. The molecule has 224 valence electrons. The summed E-state index contributed by atoms with van der Waals surface area (Å²) in [5, 5.41) is 14.2. The molecule has 1 unspecified atom stereocenters. The number of aliphatic imine (C=N–C) groups is 1. The second kappa shape index (κ2) is 12.7. The summed E-state index contributed by atoms with van der Waals surface area (Å²) in [6, 6.07) is 46.5. The van der Waals surface area contributed by atoms with E-state index in [1.54, 1.807) is 13.8 Å². The standard InChI is InChI=1S/C40H39BN2O2/c1-39(2,44)40(3,4)45-41-35-25-23-33(24-26-35)37-27-36(32-19-15-30(16-20-32)28-11-7-5-8-12-28)42-38(43-37)34-21-17-31(18-22-34)29-13-9-6-10-14-29/h5-27,38,41-42,44H,1-4H3. The Morgan fingerprint density at radius 2 is 1.07 bits per heavy atom. The highest BCUT2D eigenvalue weighted by Gasteiger charge is 2.35. The average Bonchev–Trinajstić information content (AvgIpc) is 3.08. The molecule has 2 N–H and O–H groups in total. The van der Waals surface area contributed by atoms with Gasteiger partial charge in [-0.1, -0.05) is 139 Å². The summed E-state index contributed by atoms with van der Waals surface area (Å²) in [5.41, 5.74) is 9.33. The highest BCUT2D eigenvalue weighted by molar-refractivity contribution is 6.47. The average molecular weight is 591 g/mol. The van der Waals surface area contributed by atoms with Crippen LogP contribution < -0.4 is 10.8 Å². The van der Waals surface area contributed by atoms with E-state index in [2.05, 4.69) is 133 Å². The summed E-state index contributed by atoms with van der Waals surface area (Å²) in [6.07, 6.45) is 1.89. The monoisotopic (exact) mass is 590 g/mol. The Kier molecular flexibility index (Phi) is 8.58. The van der Waals surface area contributed by atoms with Gasteiger partial charge in [-0.15, -0.1) is 0 Å². The van der Waals surface area contributed by atoms with Crippen LogP contribution >= 0.6 is 0 Å². The van der Waals surface area contributed by atoms with Crippen LogP contribution in [0.4, 0.5) is 0 Å². The maximum absolute atomic E-state index is 10.5. The smallest absolute Gasteiger partial charge is 0.309 e. The minimum atomic E-state index is -0.953. The zero-order valence-electron chi connectivity index (χ0n) is 26.4. The van der Waals surface area contributed by atoms with E-state index in [4.69, 9.17) is 9.65 Å². The minimum Gasteiger partial charge on any atom is -0.427 e. The predicted molar refractivity (Wildman–Crippen MR) is 189 cm³/mol. The van der Waals surface area contributed by atoms with Gasteiger partial charge in [-0.25, -0.2) is 0 Å². The van der Waals surface area contributed by atoms with Crippen molar-refractivity contribution in [3.63, 3.8) is 0 Å². The Hall–Kier alpha value is -4.71. The van der Waals surface area contributed by atoms with Crippen LogP contribution in [0.1, 0.15) is 50.6 Å². The molecule has 0 aliphatic carbocycles. The third-order valence-electron chi connectivity index (χ3n) is 8.80. The van der Waals surface area contributed by atoms with Gasteiger partial charge in [0.05, 0.1) is 16.9 Å². The van der Waals surface area contributed by atoms with E-state index in [9.17, 15) is 5.11 Å². The van der Waals surface area contributed by atoms with Crippen LogP contribution in [0.5, 0.6) is 0 Å². The summed E-state index contributed by atoms with van der Waals surface area (Å²) in [6.45, 7) is 7.37. The third kappa shape index (κ3) is 7.01. The van der Waals surface area contributed by atoms with Crippen molar-refractivity contribution in [2.45, 2.75) is 45.1 Å². The predicted octanol–water partition coefficient (Wildman–Crippen LogP) is 7.70. The molecule has 45 heavy (non-hydrogen) atoms. The number of allylic oxidation sites excluding steroid dienone is 1. The van der Waals surface area contributed by atoms with Crippen molar-refractivity contribution in [1.29, 1.82) is 0 Å². The van der Waals surface area contributed by atoms with Crippen LogP contribution in [0.25, 0.3) is 28.0 Å². The molecule has 1 aliphatic rings. The molecule has 0 radical (unpaired) electrons. The van der Waals surface area contributed by atoms with Gasteiger partial charge < -0.3 is 15.1 Å². The van der Waals surface area contributed by atoms with E-state index in [1.807, 2.05) is 26.0 Å². The molecule has 0 fully saturated rings. The number of nitrogens with one attached hydrogen (secondary N) is 1. The molecule has 1 aliphatic heterocycles. The van der Waals surface area contributed by atoms with E-state index >= 15 is 0 Å². The van der Waals surface area contributed by atoms with Gasteiger partial charge in [0.1, 0.15) is 6.17 Å². The molecule has 1 heterocycles. The van der Waals surface area contributed by atoms with Gasteiger partial charge in [-0.2, -0.15) is 0 Å². The lowest BCUT2D eigenvalue weighted by Crippen LogP contribution is -2.49. The molecule has 0 saturated heterocycles. The lowest BCUT2D eigenvalue weighted by Gasteiger charge is -2.37. The first-order chi connectivity index (χ1) is 21.7. The first-order valence-corrected chi connectivity index (χ1v) is 15.5. The molecule has 5 aromatic rings. The van der Waals surface area contributed by atoms with Crippen molar-refractivity contribution in [2.75, 3.05) is 0 Å². The van der Waals surface area contributed by atoms with E-state index in [1.165, 1.54) is 22.3 Å². The fourth-order valence-electron chi connectivity index (χ4n) is 5.19. The van der Waals surface area contributed by atoms with Crippen LogP contribution in [-0.2, 0) is 4.65 Å². The normalized spacial score (nSPS) is 15.1. The van der Waals surface area contributed by atoms with Gasteiger partial charge in [-0.05, 0) is 72.7 Å². The minimum absolute atomic E-state index is 0.241. The van der Waals surface area contributed by atoms with Gasteiger partial charge in [0.2, 0.25) is 0 Å². The Morgan fingerprint density at radius 3 is 1.60 bits per heavy atom. The fourth-order valence-corrected chi connectivity index (χ4v) is 5.19. The summed E-state index contributed by atoms with van der Waals surface area (Å²) in [5.74, 6) is 0. The Morgan fingerprint density at radius 1 is 0.600 bits per heavy atom. The topological polar surface area (TPSA) is 53.9 Å². The van der Waals surface area contributed by atoms with E-state index in [0.29, 0.717) is 7.48 Å². The highest BCUT2D eigenvalue weighted by atomic mass is 16.5. The second-order valence-electron chi connectivity index (χ2n) is 12.6. The van der Waals surface area contributed by atoms with E-state index < -0.39 is 11.2 Å². The maximum Gasteiger partial charge on any atom is 0.309 e. The van der Waals surface area contributed by atoms with Gasteiger partial charge in [0.15, 0.2) is 0 Å². The quantitative estimate of drug-likeness (QED) is 0.173. The van der Waals surface area contributed by atoms with Gasteiger partial charge in [-0.3, -0.25) is 4.99 Å². The van der Waals surface area contributed by atoms with Crippen molar-refractivity contribution in [3.8, 4) is 22.3 Å². The molecule has 0 spiro atoms. The first kappa shape index (κ1) is 30.3. The number of hydrogen-bond donors (Lipinski definition) is 2. The zero-order chi connectivity index (χ0) is 31.4. The molecule has 0 saturated carbocycles. The first-order valence-electron chi connectivity index (χ1n) is 15.5. The molecule has 0 bridgehead atoms. The molecule has 4 nitrogen and oxygen atoms in total. The highest BCUT2D eigenvalue weighted by Crippen LogP contribution is 2.30. The number of aliphatic hydroxyl groups is 1. The van der Waals surface area contributed by atoms with E-state index in [-0.39, 0.29) is 6.17 Å². The van der Waals surface area contributed by atoms with Crippen LogP contribution in [0.3, 0.4) is 0 Å². The largest absolute Gasteiger partial charge is 0.427 e. The summed E-state index contributed by atoms with van der Waals surface area (Å²) in [7, 11) is 0.413. The summed E-state index contributed by atoms with van der Waals surface area (Å²) < 4.78 is 6.10. The number of benzene rings is 5. The number of hydrogen-bond acceptors (Lipinski definition) is 4. The molecule has 1 atom stereocenters. The number of nitrogens with zero attached hydrogens (tertiary/aromatic N) is 1. The fraction of sp³-hybridized carbons (Fsp3) is 0.175. The molecule has 0 aromatic heterocycles.